The van der Waals surface area contributed by atoms with Crippen LogP contribution in [-0.2, 0) is 9.53 Å². The lowest BCUT2D eigenvalue weighted by Crippen LogP contribution is -2.67. The fourth-order valence-corrected chi connectivity index (χ4v) is 4.44. The molecular formula is C19H30N7O5+. The third-order valence-electron chi connectivity index (χ3n) is 6.18. The molecule has 0 bridgehead atoms. The van der Waals surface area contributed by atoms with Gasteiger partial charge in [0.05, 0.1) is 39.1 Å². The lowest BCUT2D eigenvalue weighted by molar-refractivity contribution is -0.906. The molecule has 4 rings (SSSR count). The topological polar surface area (TPSA) is 166 Å². The number of aliphatic hydroxyl groups excluding tert-OH is 3. The zero-order valence-corrected chi connectivity index (χ0v) is 17.4. The van der Waals surface area contributed by atoms with Crippen LogP contribution in [0.1, 0.15) is 19.3 Å². The maximum atomic E-state index is 12.7. The minimum atomic E-state index is -1.37. The van der Waals surface area contributed by atoms with Crippen molar-refractivity contribution in [2.75, 3.05) is 38.6 Å². The normalized spacial score (nSPS) is 30.8. The molecular weight excluding hydrogens is 406 g/mol. The van der Waals surface area contributed by atoms with E-state index in [1.165, 1.54) is 19.1 Å². The summed E-state index contributed by atoms with van der Waals surface area (Å²) in [6.45, 7) is 1.69. The van der Waals surface area contributed by atoms with Crippen molar-refractivity contribution in [2.24, 2.45) is 0 Å². The number of ether oxygens (including phenoxy) is 1. The van der Waals surface area contributed by atoms with E-state index in [2.05, 4.69) is 30.6 Å². The SMILES string of the molecule is C[N+]1(CC(=O)N[C@@H]2[C@@H](O)[C@H](O)[C@@H](Nc3ncnc4nc[nH]c34)O[C@H]2CO)CCCCC1. The Morgan fingerprint density at radius 3 is 2.74 bits per heavy atom. The molecule has 2 aliphatic rings. The molecule has 2 aromatic rings. The summed E-state index contributed by atoms with van der Waals surface area (Å²) in [6.07, 6.45) is 1.42. The van der Waals surface area contributed by atoms with Crippen LogP contribution in [0.25, 0.3) is 11.2 Å². The average molecular weight is 436 g/mol. The van der Waals surface area contributed by atoms with Crippen molar-refractivity contribution in [3.05, 3.63) is 12.7 Å². The van der Waals surface area contributed by atoms with Gasteiger partial charge in [-0.3, -0.25) is 4.79 Å². The van der Waals surface area contributed by atoms with Crippen molar-refractivity contribution in [1.29, 1.82) is 0 Å². The molecule has 0 aromatic carbocycles. The molecule has 2 aromatic heterocycles. The van der Waals surface area contributed by atoms with Crippen molar-refractivity contribution in [3.63, 3.8) is 0 Å². The number of amides is 1. The van der Waals surface area contributed by atoms with Crippen LogP contribution in [-0.4, -0.2) is 110 Å². The number of anilines is 1. The number of aromatic amines is 1. The number of imidazole rings is 1. The average Bonchev–Trinajstić information content (AvgIpc) is 3.23. The summed E-state index contributed by atoms with van der Waals surface area (Å²) in [7, 11) is 2.04. The Labute approximate surface area is 179 Å². The number of nitrogens with zero attached hydrogens (tertiary/aromatic N) is 4. The molecule has 0 unspecified atom stereocenters. The van der Waals surface area contributed by atoms with Gasteiger partial charge < -0.3 is 40.2 Å². The van der Waals surface area contributed by atoms with Crippen LogP contribution in [0.2, 0.25) is 0 Å². The highest BCUT2D eigenvalue weighted by Gasteiger charge is 2.45. The lowest BCUT2D eigenvalue weighted by atomic mass is 9.95. The number of likely N-dealkylation sites (N-methyl/N-ethyl adjacent to an activating group) is 1. The summed E-state index contributed by atoms with van der Waals surface area (Å²) in [6, 6.07) is -0.945. The number of aliphatic hydroxyl groups is 3. The summed E-state index contributed by atoms with van der Waals surface area (Å²) in [5, 5.41) is 36.9. The number of carbonyl (C=O) groups is 1. The maximum absolute atomic E-state index is 12.7. The molecule has 1 amide bonds. The van der Waals surface area contributed by atoms with Gasteiger partial charge in [-0.25, -0.2) is 15.0 Å². The van der Waals surface area contributed by atoms with Crippen molar-refractivity contribution in [3.8, 4) is 0 Å². The Morgan fingerprint density at radius 2 is 2.00 bits per heavy atom. The minimum absolute atomic E-state index is 0.246. The second-order valence-corrected chi connectivity index (χ2v) is 8.61. The van der Waals surface area contributed by atoms with Gasteiger partial charge in [0.2, 0.25) is 0 Å². The molecule has 2 aliphatic heterocycles. The first-order valence-electron chi connectivity index (χ1n) is 10.6. The fourth-order valence-electron chi connectivity index (χ4n) is 4.44. The zero-order valence-electron chi connectivity index (χ0n) is 17.4. The molecule has 2 fully saturated rings. The highest BCUT2D eigenvalue weighted by atomic mass is 16.5. The van der Waals surface area contributed by atoms with Gasteiger partial charge in [0.1, 0.15) is 30.2 Å². The fraction of sp³-hybridized carbons (Fsp3) is 0.684. The number of nitrogens with one attached hydrogen (secondary N) is 3. The quantitative estimate of drug-likeness (QED) is 0.290. The molecule has 12 nitrogen and oxygen atoms in total. The Balaban J connectivity index is 1.43. The van der Waals surface area contributed by atoms with Crippen molar-refractivity contribution in [1.82, 2.24) is 25.3 Å². The molecule has 0 radical (unpaired) electrons. The van der Waals surface area contributed by atoms with Gasteiger partial charge in [0.15, 0.2) is 24.2 Å². The first-order chi connectivity index (χ1) is 14.9. The number of H-pyrrole nitrogens is 1. The largest absolute Gasteiger partial charge is 0.394 e. The molecule has 2 saturated heterocycles. The first kappa shape index (κ1) is 21.8. The summed E-state index contributed by atoms with van der Waals surface area (Å²) in [5.74, 6) is 0.0875. The maximum Gasteiger partial charge on any atom is 0.275 e. The van der Waals surface area contributed by atoms with Gasteiger partial charge in [-0.05, 0) is 19.3 Å². The van der Waals surface area contributed by atoms with Gasteiger partial charge in [0, 0.05) is 0 Å². The number of carbonyl (C=O) groups excluding carboxylic acids is 1. The van der Waals surface area contributed by atoms with Crippen LogP contribution < -0.4 is 10.6 Å². The van der Waals surface area contributed by atoms with Gasteiger partial charge in [0.25, 0.3) is 5.91 Å². The van der Waals surface area contributed by atoms with Gasteiger partial charge in [-0.2, -0.15) is 0 Å². The number of likely N-dealkylation sites (tertiary alicyclic amines) is 1. The standard InChI is InChI=1S/C19H29N7O5/c1-26(5-3-2-4-6-26)7-12(28)24-13-11(8-27)31-19(16(30)15(13)29)25-18-14-17(21-9-20-14)22-10-23-18/h9-11,13,15-16,19,27,29-30H,2-8H2,1H3,(H2-,20,21,22,23,24,25,28)/p+1/t11-,13-,15+,16-,19-/m0/s1. The van der Waals surface area contributed by atoms with Crippen LogP contribution in [0.3, 0.4) is 0 Å². The summed E-state index contributed by atoms with van der Waals surface area (Å²) in [5.41, 5.74) is 0.948. The van der Waals surface area contributed by atoms with E-state index in [1.54, 1.807) is 0 Å². The Kier molecular flexibility index (Phi) is 6.34. The molecule has 0 saturated carbocycles. The molecule has 5 atom stereocenters. The van der Waals surface area contributed by atoms with Gasteiger partial charge in [-0.1, -0.05) is 0 Å². The second kappa shape index (κ2) is 9.01. The number of hydrogen-bond acceptors (Lipinski definition) is 9. The van der Waals surface area contributed by atoms with Gasteiger partial charge in [-0.15, -0.1) is 0 Å². The van der Waals surface area contributed by atoms with E-state index in [0.717, 1.165) is 25.9 Å². The number of piperidine rings is 1. The molecule has 12 heteroatoms. The third kappa shape index (κ3) is 4.62. The molecule has 4 heterocycles. The highest BCUT2D eigenvalue weighted by molar-refractivity contribution is 5.82. The summed E-state index contributed by atoms with van der Waals surface area (Å²) < 4.78 is 6.43. The molecule has 170 valence electrons. The second-order valence-electron chi connectivity index (χ2n) is 8.61. The lowest BCUT2D eigenvalue weighted by Gasteiger charge is -2.43. The van der Waals surface area contributed by atoms with Crippen molar-refractivity contribution < 1.29 is 29.3 Å². The van der Waals surface area contributed by atoms with Crippen molar-refractivity contribution in [2.45, 2.75) is 49.8 Å². The smallest absolute Gasteiger partial charge is 0.275 e. The number of hydrogen-bond donors (Lipinski definition) is 6. The van der Waals surface area contributed by atoms with E-state index < -0.39 is 37.2 Å². The monoisotopic (exact) mass is 436 g/mol. The molecule has 6 N–H and O–H groups in total. The summed E-state index contributed by atoms with van der Waals surface area (Å²) in [4.78, 5) is 27.8. The van der Waals surface area contributed by atoms with E-state index in [4.69, 9.17) is 4.74 Å². The Morgan fingerprint density at radius 1 is 1.23 bits per heavy atom. The van der Waals surface area contributed by atoms with E-state index in [0.29, 0.717) is 21.5 Å². The number of aromatic nitrogens is 4. The first-order valence-corrected chi connectivity index (χ1v) is 10.6. The van der Waals surface area contributed by atoms with Crippen LogP contribution in [0.15, 0.2) is 12.7 Å². The minimum Gasteiger partial charge on any atom is -0.394 e. The van der Waals surface area contributed by atoms with Crippen molar-refractivity contribution >= 4 is 22.9 Å². The van der Waals surface area contributed by atoms with E-state index in [9.17, 15) is 20.1 Å². The number of fused-ring (bicyclic) bond motifs is 1. The Hall–Kier alpha value is -2.38. The predicted octanol–water partition coefficient (Wildman–Crippen LogP) is -1.68. The zero-order chi connectivity index (χ0) is 22.0. The number of quaternary nitrogens is 1. The van der Waals surface area contributed by atoms with Gasteiger partial charge >= 0.3 is 0 Å². The predicted molar refractivity (Wildman–Crippen MR) is 110 cm³/mol. The van der Waals surface area contributed by atoms with E-state index >= 15 is 0 Å². The van der Waals surface area contributed by atoms with Crippen LogP contribution in [0.5, 0.6) is 0 Å². The summed E-state index contributed by atoms with van der Waals surface area (Å²) >= 11 is 0. The van der Waals surface area contributed by atoms with Crippen LogP contribution >= 0.6 is 0 Å². The highest BCUT2D eigenvalue weighted by Crippen LogP contribution is 2.25. The molecule has 0 aliphatic carbocycles. The van der Waals surface area contributed by atoms with E-state index in [-0.39, 0.29) is 12.5 Å². The van der Waals surface area contributed by atoms with Crippen LogP contribution in [0.4, 0.5) is 5.82 Å². The molecule has 31 heavy (non-hydrogen) atoms. The molecule has 0 spiro atoms. The third-order valence-corrected chi connectivity index (χ3v) is 6.18. The Bertz CT molecular complexity index is 901. The number of rotatable bonds is 6. The van der Waals surface area contributed by atoms with E-state index in [1.807, 2.05) is 7.05 Å². The van der Waals surface area contributed by atoms with Crippen LogP contribution in [0, 0.1) is 0 Å².